The molecule has 0 saturated heterocycles. The van der Waals surface area contributed by atoms with E-state index in [1.165, 1.54) is 6.92 Å². The number of rotatable bonds is 6. The Bertz CT molecular complexity index is 941. The molecule has 0 bridgehead atoms. The highest BCUT2D eigenvalue weighted by molar-refractivity contribution is 7.89. The quantitative estimate of drug-likeness (QED) is 0.772. The second-order valence-corrected chi connectivity index (χ2v) is 8.39. The van der Waals surface area contributed by atoms with Crippen molar-refractivity contribution in [2.24, 2.45) is 0 Å². The number of fused-ring (bicyclic) bond motifs is 1. The second kappa shape index (κ2) is 8.10. The summed E-state index contributed by atoms with van der Waals surface area (Å²) in [5.41, 5.74) is 2.77. The average molecular weight is 388 g/mol. The highest BCUT2D eigenvalue weighted by Gasteiger charge is 2.22. The molecule has 0 aromatic heterocycles. The standard InChI is InChI=1S/C20H24N2O4S/c1-15-5-3-7-18(13-15)26-12-10-21-27(24,25)19-8-9-20-17(14-19)6-4-11-22(20)16(2)23/h3,5,7-9,13-14,21H,4,6,10-12H2,1-2H3. The minimum atomic E-state index is -3.63. The van der Waals surface area contributed by atoms with Crippen LogP contribution in [0.15, 0.2) is 47.4 Å². The largest absolute Gasteiger partial charge is 0.492 e. The van der Waals surface area contributed by atoms with E-state index in [2.05, 4.69) is 4.72 Å². The van der Waals surface area contributed by atoms with Gasteiger partial charge >= 0.3 is 0 Å². The van der Waals surface area contributed by atoms with Gasteiger partial charge in [-0.15, -0.1) is 0 Å². The number of carbonyl (C=O) groups excluding carboxylic acids is 1. The summed E-state index contributed by atoms with van der Waals surface area (Å²) in [5.74, 6) is 0.685. The molecule has 0 atom stereocenters. The number of amides is 1. The van der Waals surface area contributed by atoms with E-state index in [-0.39, 0.29) is 24.0 Å². The first-order valence-electron chi connectivity index (χ1n) is 8.97. The van der Waals surface area contributed by atoms with Crippen molar-refractivity contribution in [2.45, 2.75) is 31.6 Å². The fraction of sp³-hybridized carbons (Fsp3) is 0.350. The van der Waals surface area contributed by atoms with Gasteiger partial charge in [0.2, 0.25) is 15.9 Å². The third-order valence-electron chi connectivity index (χ3n) is 4.51. The molecule has 144 valence electrons. The zero-order valence-electron chi connectivity index (χ0n) is 15.6. The molecule has 0 spiro atoms. The minimum absolute atomic E-state index is 0.0296. The lowest BCUT2D eigenvalue weighted by molar-refractivity contribution is -0.116. The van der Waals surface area contributed by atoms with E-state index in [1.807, 2.05) is 31.2 Å². The third kappa shape index (κ3) is 4.67. The number of hydrogen-bond acceptors (Lipinski definition) is 4. The van der Waals surface area contributed by atoms with Crippen LogP contribution in [0.25, 0.3) is 0 Å². The lowest BCUT2D eigenvalue weighted by Crippen LogP contribution is -2.34. The highest BCUT2D eigenvalue weighted by Crippen LogP contribution is 2.29. The first kappa shape index (κ1) is 19.4. The molecule has 0 aliphatic carbocycles. The highest BCUT2D eigenvalue weighted by atomic mass is 32.2. The van der Waals surface area contributed by atoms with Crippen LogP contribution in [0.3, 0.4) is 0 Å². The maximum absolute atomic E-state index is 12.6. The summed E-state index contributed by atoms with van der Waals surface area (Å²) in [6.07, 6.45) is 1.59. The number of carbonyl (C=O) groups is 1. The van der Waals surface area contributed by atoms with Gasteiger partial charge in [0, 0.05) is 25.7 Å². The van der Waals surface area contributed by atoms with Gasteiger partial charge in [-0.1, -0.05) is 12.1 Å². The number of anilines is 1. The number of ether oxygens (including phenoxy) is 1. The topological polar surface area (TPSA) is 75.7 Å². The van der Waals surface area contributed by atoms with Crippen molar-refractivity contribution in [3.63, 3.8) is 0 Å². The summed E-state index contributed by atoms with van der Waals surface area (Å²) in [7, 11) is -3.63. The summed E-state index contributed by atoms with van der Waals surface area (Å²) in [4.78, 5) is 13.6. The Morgan fingerprint density at radius 2 is 2.04 bits per heavy atom. The summed E-state index contributed by atoms with van der Waals surface area (Å²) in [6.45, 7) is 4.58. The summed E-state index contributed by atoms with van der Waals surface area (Å²) >= 11 is 0. The van der Waals surface area contributed by atoms with E-state index >= 15 is 0 Å². The predicted octanol–water partition coefficient (Wildman–Crippen LogP) is 2.65. The van der Waals surface area contributed by atoms with E-state index in [9.17, 15) is 13.2 Å². The van der Waals surface area contributed by atoms with Gasteiger partial charge in [0.05, 0.1) is 4.90 Å². The Hall–Kier alpha value is -2.38. The number of benzene rings is 2. The van der Waals surface area contributed by atoms with E-state index in [0.717, 1.165) is 29.7 Å². The third-order valence-corrected chi connectivity index (χ3v) is 5.97. The number of sulfonamides is 1. The molecule has 2 aromatic rings. The van der Waals surface area contributed by atoms with Gasteiger partial charge in [-0.2, -0.15) is 0 Å². The predicted molar refractivity (Wildman–Crippen MR) is 105 cm³/mol. The van der Waals surface area contributed by atoms with Crippen molar-refractivity contribution >= 4 is 21.6 Å². The molecule has 0 fully saturated rings. The smallest absolute Gasteiger partial charge is 0.240 e. The van der Waals surface area contributed by atoms with Crippen molar-refractivity contribution in [1.29, 1.82) is 0 Å². The Balaban J connectivity index is 1.64. The number of nitrogens with one attached hydrogen (secondary N) is 1. The molecule has 1 amide bonds. The second-order valence-electron chi connectivity index (χ2n) is 6.63. The Labute approximate surface area is 160 Å². The maximum atomic E-state index is 12.6. The van der Waals surface area contributed by atoms with Gasteiger partial charge in [-0.05, 0) is 61.2 Å². The van der Waals surface area contributed by atoms with Crippen molar-refractivity contribution in [2.75, 3.05) is 24.6 Å². The van der Waals surface area contributed by atoms with Crippen LogP contribution in [-0.4, -0.2) is 34.0 Å². The van der Waals surface area contributed by atoms with Crippen LogP contribution in [0.2, 0.25) is 0 Å². The molecule has 1 heterocycles. The van der Waals surface area contributed by atoms with E-state index < -0.39 is 10.0 Å². The van der Waals surface area contributed by atoms with Crippen molar-refractivity contribution in [3.8, 4) is 5.75 Å². The van der Waals surface area contributed by atoms with E-state index in [0.29, 0.717) is 12.3 Å². The fourth-order valence-corrected chi connectivity index (χ4v) is 4.26. The first-order chi connectivity index (χ1) is 12.9. The lowest BCUT2D eigenvalue weighted by atomic mass is 10.0. The molecule has 1 N–H and O–H groups in total. The summed E-state index contributed by atoms with van der Waals surface area (Å²) < 4.78 is 33.2. The van der Waals surface area contributed by atoms with Crippen LogP contribution >= 0.6 is 0 Å². The van der Waals surface area contributed by atoms with E-state index in [4.69, 9.17) is 4.74 Å². The van der Waals surface area contributed by atoms with Crippen LogP contribution < -0.4 is 14.4 Å². The number of aryl methyl sites for hydroxylation is 2. The zero-order valence-corrected chi connectivity index (χ0v) is 16.4. The average Bonchev–Trinajstić information content (AvgIpc) is 2.64. The lowest BCUT2D eigenvalue weighted by Gasteiger charge is -2.28. The van der Waals surface area contributed by atoms with Crippen molar-refractivity contribution in [1.82, 2.24) is 4.72 Å². The molecule has 3 rings (SSSR count). The number of hydrogen-bond donors (Lipinski definition) is 1. The number of nitrogens with zero attached hydrogens (tertiary/aromatic N) is 1. The van der Waals surface area contributed by atoms with Gasteiger partial charge in [-0.25, -0.2) is 13.1 Å². The molecular weight excluding hydrogens is 364 g/mol. The summed E-state index contributed by atoms with van der Waals surface area (Å²) in [6, 6.07) is 12.5. The van der Waals surface area contributed by atoms with Crippen LogP contribution in [-0.2, 0) is 21.2 Å². The van der Waals surface area contributed by atoms with Gasteiger partial charge in [0.25, 0.3) is 0 Å². The van der Waals surface area contributed by atoms with E-state index in [1.54, 1.807) is 23.1 Å². The summed E-state index contributed by atoms with van der Waals surface area (Å²) in [5, 5.41) is 0. The van der Waals surface area contributed by atoms with Crippen LogP contribution in [0.1, 0.15) is 24.5 Å². The van der Waals surface area contributed by atoms with Crippen LogP contribution in [0.4, 0.5) is 5.69 Å². The molecule has 0 unspecified atom stereocenters. The van der Waals surface area contributed by atoms with Gasteiger partial charge in [0.1, 0.15) is 12.4 Å². The Kier molecular flexibility index (Phi) is 5.82. The molecule has 1 aliphatic heterocycles. The first-order valence-corrected chi connectivity index (χ1v) is 10.5. The SMILES string of the molecule is CC(=O)N1CCCc2cc(S(=O)(=O)NCCOc3cccc(C)c3)ccc21. The van der Waals surface area contributed by atoms with Gasteiger partial charge < -0.3 is 9.64 Å². The molecule has 27 heavy (non-hydrogen) atoms. The van der Waals surface area contributed by atoms with Gasteiger partial charge in [0.15, 0.2) is 0 Å². The zero-order chi connectivity index (χ0) is 19.4. The van der Waals surface area contributed by atoms with Crippen LogP contribution in [0.5, 0.6) is 5.75 Å². The van der Waals surface area contributed by atoms with Crippen molar-refractivity contribution in [3.05, 3.63) is 53.6 Å². The molecular formula is C20H24N2O4S. The van der Waals surface area contributed by atoms with Crippen LogP contribution in [0, 0.1) is 6.92 Å². The minimum Gasteiger partial charge on any atom is -0.492 e. The molecule has 2 aromatic carbocycles. The molecule has 7 heteroatoms. The molecule has 6 nitrogen and oxygen atoms in total. The Morgan fingerprint density at radius 3 is 2.78 bits per heavy atom. The maximum Gasteiger partial charge on any atom is 0.240 e. The molecule has 0 radical (unpaired) electrons. The van der Waals surface area contributed by atoms with Crippen molar-refractivity contribution < 1.29 is 17.9 Å². The Morgan fingerprint density at radius 1 is 1.22 bits per heavy atom. The molecule has 1 aliphatic rings. The normalized spacial score (nSPS) is 13.9. The monoisotopic (exact) mass is 388 g/mol. The fourth-order valence-electron chi connectivity index (χ4n) is 3.20. The van der Waals surface area contributed by atoms with Gasteiger partial charge in [-0.3, -0.25) is 4.79 Å². The molecule has 0 saturated carbocycles.